The van der Waals surface area contributed by atoms with Crippen molar-refractivity contribution < 1.29 is 9.47 Å². The minimum absolute atomic E-state index is 0.224. The monoisotopic (exact) mass is 299 g/mol. The van der Waals surface area contributed by atoms with Crippen LogP contribution in [0.1, 0.15) is 24.8 Å². The number of halogens is 1. The highest BCUT2D eigenvalue weighted by Crippen LogP contribution is 2.29. The van der Waals surface area contributed by atoms with Crippen molar-refractivity contribution >= 4 is 15.9 Å². The van der Waals surface area contributed by atoms with Gasteiger partial charge in [0, 0.05) is 18.7 Å². The van der Waals surface area contributed by atoms with Crippen LogP contribution in [-0.4, -0.2) is 19.3 Å². The van der Waals surface area contributed by atoms with Crippen molar-refractivity contribution in [2.24, 2.45) is 5.73 Å². The summed E-state index contributed by atoms with van der Waals surface area (Å²) in [5, 5.41) is 0. The van der Waals surface area contributed by atoms with Gasteiger partial charge in [0.05, 0.1) is 10.6 Å². The third kappa shape index (κ3) is 3.44. The zero-order valence-electron chi connectivity index (χ0n) is 9.82. The van der Waals surface area contributed by atoms with Gasteiger partial charge in [0.1, 0.15) is 12.4 Å². The predicted octanol–water partition coefficient (Wildman–Crippen LogP) is 2.86. The molecule has 0 aliphatic carbocycles. The maximum atomic E-state index is 5.85. The molecule has 0 bridgehead atoms. The van der Waals surface area contributed by atoms with Crippen LogP contribution in [0.15, 0.2) is 22.7 Å². The standard InChI is InChI=1S/C13H18BrNO2/c14-12-6-3-4-10(8-15)13(12)17-9-11-5-1-2-7-16-11/h3-4,6,11H,1-2,5,7-9,15H2. The minimum atomic E-state index is 0.224. The largest absolute Gasteiger partial charge is 0.489 e. The van der Waals surface area contributed by atoms with E-state index in [1.807, 2.05) is 18.2 Å². The van der Waals surface area contributed by atoms with Crippen LogP contribution < -0.4 is 10.5 Å². The van der Waals surface area contributed by atoms with Gasteiger partial charge in [-0.3, -0.25) is 0 Å². The molecule has 0 saturated carbocycles. The van der Waals surface area contributed by atoms with E-state index < -0.39 is 0 Å². The van der Waals surface area contributed by atoms with Gasteiger partial charge in [-0.15, -0.1) is 0 Å². The molecule has 1 aromatic carbocycles. The molecule has 94 valence electrons. The molecule has 2 rings (SSSR count). The Morgan fingerprint density at radius 1 is 1.41 bits per heavy atom. The Morgan fingerprint density at radius 2 is 2.29 bits per heavy atom. The highest BCUT2D eigenvalue weighted by molar-refractivity contribution is 9.10. The molecule has 1 aliphatic heterocycles. The van der Waals surface area contributed by atoms with E-state index in [-0.39, 0.29) is 6.10 Å². The summed E-state index contributed by atoms with van der Waals surface area (Å²) >= 11 is 3.49. The van der Waals surface area contributed by atoms with E-state index >= 15 is 0 Å². The van der Waals surface area contributed by atoms with Crippen molar-refractivity contribution in [3.05, 3.63) is 28.2 Å². The average Bonchev–Trinajstić information content (AvgIpc) is 2.38. The summed E-state index contributed by atoms with van der Waals surface area (Å²) in [5.74, 6) is 0.851. The van der Waals surface area contributed by atoms with Gasteiger partial charge >= 0.3 is 0 Å². The zero-order valence-corrected chi connectivity index (χ0v) is 11.4. The van der Waals surface area contributed by atoms with Crippen LogP contribution >= 0.6 is 15.9 Å². The molecular formula is C13H18BrNO2. The van der Waals surface area contributed by atoms with Crippen molar-refractivity contribution in [3.8, 4) is 5.75 Å². The lowest BCUT2D eigenvalue weighted by Crippen LogP contribution is -2.26. The molecule has 1 saturated heterocycles. The number of rotatable bonds is 4. The second-order valence-electron chi connectivity index (χ2n) is 4.23. The Balaban J connectivity index is 1.97. The Labute approximate surface area is 110 Å². The fourth-order valence-corrected chi connectivity index (χ4v) is 2.51. The van der Waals surface area contributed by atoms with Crippen LogP contribution in [0.4, 0.5) is 0 Å². The molecule has 4 heteroatoms. The smallest absolute Gasteiger partial charge is 0.138 e. The Bertz CT molecular complexity index is 364. The number of benzene rings is 1. The first-order valence-corrected chi connectivity index (χ1v) is 6.82. The Kier molecular flexibility index (Phi) is 4.83. The minimum Gasteiger partial charge on any atom is -0.489 e. The maximum absolute atomic E-state index is 5.85. The molecule has 1 atom stereocenters. The van der Waals surface area contributed by atoms with Crippen LogP contribution in [0.2, 0.25) is 0 Å². The fourth-order valence-electron chi connectivity index (χ4n) is 1.99. The molecule has 0 amide bonds. The molecule has 0 spiro atoms. The first-order valence-electron chi connectivity index (χ1n) is 6.03. The zero-order chi connectivity index (χ0) is 12.1. The van der Waals surface area contributed by atoms with Gasteiger partial charge in [0.25, 0.3) is 0 Å². The van der Waals surface area contributed by atoms with E-state index in [4.69, 9.17) is 15.2 Å². The summed E-state index contributed by atoms with van der Waals surface area (Å²) in [6, 6.07) is 5.92. The van der Waals surface area contributed by atoms with Gasteiger partial charge in [-0.25, -0.2) is 0 Å². The average molecular weight is 300 g/mol. The normalized spacial score (nSPS) is 20.2. The second kappa shape index (κ2) is 6.38. The highest BCUT2D eigenvalue weighted by Gasteiger charge is 2.16. The third-order valence-corrected chi connectivity index (χ3v) is 3.58. The summed E-state index contributed by atoms with van der Waals surface area (Å²) in [6.07, 6.45) is 3.71. The predicted molar refractivity (Wildman–Crippen MR) is 71.1 cm³/mol. The number of hydrogen-bond acceptors (Lipinski definition) is 3. The fraction of sp³-hybridized carbons (Fsp3) is 0.538. The van der Waals surface area contributed by atoms with Gasteiger partial charge in [-0.2, -0.15) is 0 Å². The van der Waals surface area contributed by atoms with E-state index in [9.17, 15) is 0 Å². The molecule has 3 nitrogen and oxygen atoms in total. The summed E-state index contributed by atoms with van der Waals surface area (Å²) in [7, 11) is 0. The summed E-state index contributed by atoms with van der Waals surface area (Å²) in [4.78, 5) is 0. The third-order valence-electron chi connectivity index (χ3n) is 2.96. The summed E-state index contributed by atoms with van der Waals surface area (Å²) in [6.45, 7) is 1.95. The molecule has 1 aliphatic rings. The maximum Gasteiger partial charge on any atom is 0.138 e. The van der Waals surface area contributed by atoms with Crippen LogP contribution in [0.5, 0.6) is 5.75 Å². The van der Waals surface area contributed by atoms with E-state index in [2.05, 4.69) is 15.9 Å². The Morgan fingerprint density at radius 3 is 3.00 bits per heavy atom. The van der Waals surface area contributed by atoms with Crippen molar-refractivity contribution in [2.45, 2.75) is 31.9 Å². The number of ether oxygens (including phenoxy) is 2. The molecule has 0 aromatic heterocycles. The van der Waals surface area contributed by atoms with Crippen LogP contribution in [0, 0.1) is 0 Å². The lowest BCUT2D eigenvalue weighted by Gasteiger charge is -2.23. The molecule has 1 fully saturated rings. The van der Waals surface area contributed by atoms with Gasteiger partial charge < -0.3 is 15.2 Å². The number of hydrogen-bond donors (Lipinski definition) is 1. The van der Waals surface area contributed by atoms with Crippen molar-refractivity contribution in [2.75, 3.05) is 13.2 Å². The van der Waals surface area contributed by atoms with Crippen molar-refractivity contribution in [3.63, 3.8) is 0 Å². The summed E-state index contributed by atoms with van der Waals surface area (Å²) < 4.78 is 12.4. The first-order chi connectivity index (χ1) is 8.31. The molecule has 2 N–H and O–H groups in total. The quantitative estimate of drug-likeness (QED) is 0.930. The lowest BCUT2D eigenvalue weighted by atomic mass is 10.1. The van der Waals surface area contributed by atoms with Gasteiger partial charge in [-0.1, -0.05) is 12.1 Å². The molecule has 0 radical (unpaired) electrons. The van der Waals surface area contributed by atoms with Gasteiger partial charge in [0.2, 0.25) is 0 Å². The van der Waals surface area contributed by atoms with E-state index in [0.29, 0.717) is 13.2 Å². The molecular weight excluding hydrogens is 282 g/mol. The molecule has 1 aromatic rings. The van der Waals surface area contributed by atoms with Gasteiger partial charge in [0.15, 0.2) is 0 Å². The number of para-hydroxylation sites is 1. The molecule has 1 unspecified atom stereocenters. The highest BCUT2D eigenvalue weighted by atomic mass is 79.9. The molecule has 17 heavy (non-hydrogen) atoms. The SMILES string of the molecule is NCc1cccc(Br)c1OCC1CCCCO1. The number of nitrogens with two attached hydrogens (primary N) is 1. The van der Waals surface area contributed by atoms with Gasteiger partial charge in [-0.05, 0) is 41.3 Å². The van der Waals surface area contributed by atoms with Crippen molar-refractivity contribution in [1.29, 1.82) is 0 Å². The van der Waals surface area contributed by atoms with E-state index in [1.54, 1.807) is 0 Å². The lowest BCUT2D eigenvalue weighted by molar-refractivity contribution is -0.0113. The van der Waals surface area contributed by atoms with Crippen molar-refractivity contribution in [1.82, 2.24) is 0 Å². The van der Waals surface area contributed by atoms with Crippen LogP contribution in [0.25, 0.3) is 0 Å². The van der Waals surface area contributed by atoms with Crippen LogP contribution in [-0.2, 0) is 11.3 Å². The first kappa shape index (κ1) is 12.9. The Hall–Kier alpha value is -0.580. The molecule has 1 heterocycles. The van der Waals surface area contributed by atoms with Crippen LogP contribution in [0.3, 0.4) is 0 Å². The second-order valence-corrected chi connectivity index (χ2v) is 5.09. The van der Waals surface area contributed by atoms with E-state index in [0.717, 1.165) is 28.8 Å². The van der Waals surface area contributed by atoms with E-state index in [1.165, 1.54) is 12.8 Å². The topological polar surface area (TPSA) is 44.5 Å². The summed E-state index contributed by atoms with van der Waals surface area (Å²) in [5.41, 5.74) is 6.72.